The molecule has 0 saturated heterocycles. The highest BCUT2D eigenvalue weighted by molar-refractivity contribution is 9.10. The first-order valence-corrected chi connectivity index (χ1v) is 10.7. The lowest BCUT2D eigenvalue weighted by Crippen LogP contribution is -2.15. The molecule has 0 aliphatic heterocycles. The second-order valence-corrected chi connectivity index (χ2v) is 9.83. The summed E-state index contributed by atoms with van der Waals surface area (Å²) >= 11 is 4.50. The Bertz CT molecular complexity index is 1100. The summed E-state index contributed by atoms with van der Waals surface area (Å²) in [7, 11) is -4.03. The van der Waals surface area contributed by atoms with E-state index in [0.717, 1.165) is 10.4 Å². The lowest BCUT2D eigenvalue weighted by molar-refractivity contribution is 0.426. The van der Waals surface area contributed by atoms with Crippen LogP contribution in [0.2, 0.25) is 0 Å². The maximum atomic E-state index is 14.1. The predicted molar refractivity (Wildman–Crippen MR) is 104 cm³/mol. The van der Waals surface area contributed by atoms with Crippen LogP contribution in [0.1, 0.15) is 21.0 Å². The number of rotatable bonds is 4. The Morgan fingerprint density at radius 3 is 2.46 bits per heavy atom. The maximum Gasteiger partial charge on any atom is 0.263 e. The number of sulfonamides is 1. The van der Waals surface area contributed by atoms with E-state index in [1.165, 1.54) is 23.5 Å². The molecular weight excluding hydrogens is 443 g/mol. The van der Waals surface area contributed by atoms with Crippen LogP contribution in [0.25, 0.3) is 11.3 Å². The molecule has 0 bridgehead atoms. The monoisotopic (exact) mass is 458 g/mol. The molecule has 0 amide bonds. The Morgan fingerprint density at radius 2 is 1.88 bits per heavy atom. The van der Waals surface area contributed by atoms with E-state index >= 15 is 0 Å². The van der Waals surface area contributed by atoms with Crippen molar-refractivity contribution in [3.05, 3.63) is 49.5 Å². The molecule has 9 heteroatoms. The molecule has 1 aromatic carbocycles. The molecule has 0 radical (unpaired) electrons. The second-order valence-electron chi connectivity index (χ2n) is 5.87. The number of thiophene rings is 1. The van der Waals surface area contributed by atoms with Gasteiger partial charge in [-0.3, -0.25) is 4.72 Å². The van der Waals surface area contributed by atoms with E-state index in [9.17, 15) is 12.8 Å². The minimum atomic E-state index is -4.03. The highest BCUT2D eigenvalue weighted by Crippen LogP contribution is 2.41. The summed E-state index contributed by atoms with van der Waals surface area (Å²) in [4.78, 5) is 1.47. The van der Waals surface area contributed by atoms with E-state index in [1.54, 1.807) is 19.9 Å². The van der Waals surface area contributed by atoms with Crippen LogP contribution in [0.3, 0.4) is 0 Å². The van der Waals surface area contributed by atoms with Crippen LogP contribution in [0.15, 0.2) is 32.1 Å². The molecule has 0 aliphatic rings. The summed E-state index contributed by atoms with van der Waals surface area (Å²) in [5.41, 5.74) is 1.82. The molecule has 0 fully saturated rings. The number of anilines is 1. The quantitative estimate of drug-likeness (QED) is 0.572. The first-order valence-electron chi connectivity index (χ1n) is 7.63. The van der Waals surface area contributed by atoms with Crippen LogP contribution in [0.4, 0.5) is 10.1 Å². The van der Waals surface area contributed by atoms with Gasteiger partial charge in [0.25, 0.3) is 10.0 Å². The third-order valence-electron chi connectivity index (χ3n) is 4.03. The zero-order chi connectivity index (χ0) is 19.2. The minimum Gasteiger partial charge on any atom is -0.356 e. The van der Waals surface area contributed by atoms with Crippen molar-refractivity contribution >= 4 is 43.0 Å². The molecule has 138 valence electrons. The molecular formula is C17H16BrFN2O3S2. The van der Waals surface area contributed by atoms with Gasteiger partial charge >= 0.3 is 0 Å². The third kappa shape index (κ3) is 3.30. The highest BCUT2D eigenvalue weighted by atomic mass is 79.9. The molecule has 0 atom stereocenters. The van der Waals surface area contributed by atoms with Gasteiger partial charge in [0.2, 0.25) is 0 Å². The summed E-state index contributed by atoms with van der Waals surface area (Å²) in [6.45, 7) is 7.15. The molecule has 0 saturated carbocycles. The van der Waals surface area contributed by atoms with Gasteiger partial charge in [-0.25, -0.2) is 12.8 Å². The zero-order valence-electron chi connectivity index (χ0n) is 14.5. The Balaban J connectivity index is 2.15. The third-order valence-corrected chi connectivity index (χ3v) is 7.21. The first-order chi connectivity index (χ1) is 12.1. The Kier molecular flexibility index (Phi) is 4.98. The van der Waals surface area contributed by atoms with Gasteiger partial charge in [-0.2, -0.15) is 0 Å². The summed E-state index contributed by atoms with van der Waals surface area (Å²) in [5.74, 6) is -0.248. The van der Waals surface area contributed by atoms with Gasteiger partial charge < -0.3 is 4.52 Å². The lowest BCUT2D eigenvalue weighted by atomic mass is 10.1. The van der Waals surface area contributed by atoms with Crippen molar-refractivity contribution in [1.29, 1.82) is 0 Å². The number of nitrogens with one attached hydrogen (secondary N) is 1. The van der Waals surface area contributed by atoms with Crippen LogP contribution >= 0.6 is 27.3 Å². The van der Waals surface area contributed by atoms with Gasteiger partial charge in [-0.05, 0) is 45.9 Å². The largest absolute Gasteiger partial charge is 0.356 e. The smallest absolute Gasteiger partial charge is 0.263 e. The standard InChI is InChI=1S/C17H16BrFN2O3S2/c1-8-9(2)20-24-16(8)15-10(3)25-11(4)17(15)26(22,23)21-14-6-5-12(18)7-13(14)19/h5-7,21H,1-4H3. The molecule has 2 aromatic heterocycles. The summed E-state index contributed by atoms with van der Waals surface area (Å²) < 4.78 is 48.4. The fourth-order valence-electron chi connectivity index (χ4n) is 2.67. The molecule has 0 spiro atoms. The number of nitrogens with zero attached hydrogens (tertiary/aromatic N) is 1. The van der Waals surface area contributed by atoms with E-state index in [0.29, 0.717) is 26.4 Å². The van der Waals surface area contributed by atoms with E-state index in [1.807, 2.05) is 13.8 Å². The van der Waals surface area contributed by atoms with Gasteiger partial charge in [0.05, 0.1) is 16.9 Å². The van der Waals surface area contributed by atoms with Crippen LogP contribution in [0.5, 0.6) is 0 Å². The van der Waals surface area contributed by atoms with E-state index < -0.39 is 15.8 Å². The average Bonchev–Trinajstić information content (AvgIpc) is 3.02. The van der Waals surface area contributed by atoms with E-state index in [2.05, 4.69) is 25.8 Å². The molecule has 3 aromatic rings. The molecule has 1 N–H and O–H groups in total. The molecule has 26 heavy (non-hydrogen) atoms. The van der Waals surface area contributed by atoms with Crippen molar-refractivity contribution < 1.29 is 17.3 Å². The van der Waals surface area contributed by atoms with Crippen molar-refractivity contribution in [3.8, 4) is 11.3 Å². The van der Waals surface area contributed by atoms with Crippen LogP contribution in [-0.2, 0) is 10.0 Å². The topological polar surface area (TPSA) is 72.2 Å². The first kappa shape index (κ1) is 19.1. The molecule has 0 unspecified atom stereocenters. The number of hydrogen-bond donors (Lipinski definition) is 1. The van der Waals surface area contributed by atoms with Crippen molar-refractivity contribution in [2.75, 3.05) is 4.72 Å². The van der Waals surface area contributed by atoms with Crippen LogP contribution < -0.4 is 4.72 Å². The van der Waals surface area contributed by atoms with E-state index in [-0.39, 0.29) is 10.6 Å². The number of benzene rings is 1. The summed E-state index contributed by atoms with van der Waals surface area (Å²) in [6, 6.07) is 4.14. The van der Waals surface area contributed by atoms with Gasteiger partial charge in [0.1, 0.15) is 10.7 Å². The second kappa shape index (κ2) is 6.79. The molecule has 3 rings (SSSR count). The van der Waals surface area contributed by atoms with Crippen molar-refractivity contribution in [2.45, 2.75) is 32.6 Å². The van der Waals surface area contributed by atoms with Crippen molar-refractivity contribution in [3.63, 3.8) is 0 Å². The predicted octanol–water partition coefficient (Wildman–Crippen LogP) is 5.34. The Morgan fingerprint density at radius 1 is 1.19 bits per heavy atom. The number of aryl methyl sites for hydroxylation is 3. The number of halogens is 2. The zero-order valence-corrected chi connectivity index (χ0v) is 17.7. The van der Waals surface area contributed by atoms with Gasteiger partial charge in [0, 0.05) is 19.8 Å². The Hall–Kier alpha value is -1.71. The SMILES string of the molecule is Cc1noc(-c2c(C)sc(C)c2S(=O)(=O)Nc2ccc(Br)cc2F)c1C. The lowest BCUT2D eigenvalue weighted by Gasteiger charge is -2.11. The number of hydrogen-bond acceptors (Lipinski definition) is 5. The van der Waals surface area contributed by atoms with Gasteiger partial charge in [-0.15, -0.1) is 11.3 Å². The normalized spacial score (nSPS) is 11.8. The molecule has 5 nitrogen and oxygen atoms in total. The maximum absolute atomic E-state index is 14.1. The fourth-order valence-corrected chi connectivity index (χ4v) is 5.92. The summed E-state index contributed by atoms with van der Waals surface area (Å²) in [6.07, 6.45) is 0. The average molecular weight is 459 g/mol. The summed E-state index contributed by atoms with van der Waals surface area (Å²) in [5, 5.41) is 3.92. The van der Waals surface area contributed by atoms with E-state index in [4.69, 9.17) is 4.52 Å². The Labute approximate surface area is 163 Å². The highest BCUT2D eigenvalue weighted by Gasteiger charge is 2.30. The van der Waals surface area contributed by atoms with Crippen LogP contribution in [-0.4, -0.2) is 13.6 Å². The molecule has 2 heterocycles. The molecule has 0 aliphatic carbocycles. The van der Waals surface area contributed by atoms with Crippen molar-refractivity contribution in [2.24, 2.45) is 0 Å². The van der Waals surface area contributed by atoms with Gasteiger partial charge in [0.15, 0.2) is 5.76 Å². The van der Waals surface area contributed by atoms with Crippen LogP contribution in [0, 0.1) is 33.5 Å². The fraction of sp³-hybridized carbons (Fsp3) is 0.235. The van der Waals surface area contributed by atoms with Gasteiger partial charge in [-0.1, -0.05) is 21.1 Å². The number of aromatic nitrogens is 1. The van der Waals surface area contributed by atoms with Crippen molar-refractivity contribution in [1.82, 2.24) is 5.16 Å². The minimum absolute atomic E-state index is 0.0848.